The average molecular weight is 221 g/mol. The zero-order valence-corrected chi connectivity index (χ0v) is 9.94. The SMILES string of the molecule is CC(C)C(=O)N1CCCC[C@@H]1c1ccn[nH]1. The minimum atomic E-state index is 0.0727. The van der Waals surface area contributed by atoms with Gasteiger partial charge in [0.15, 0.2) is 0 Å². The molecule has 0 saturated carbocycles. The highest BCUT2D eigenvalue weighted by Crippen LogP contribution is 2.30. The number of piperidine rings is 1. The smallest absolute Gasteiger partial charge is 0.225 e. The van der Waals surface area contributed by atoms with Crippen molar-refractivity contribution in [1.82, 2.24) is 15.1 Å². The number of carbonyl (C=O) groups excluding carboxylic acids is 1. The number of hydrogen-bond acceptors (Lipinski definition) is 2. The van der Waals surface area contributed by atoms with E-state index in [0.717, 1.165) is 25.1 Å². The molecule has 1 saturated heterocycles. The number of rotatable bonds is 2. The highest BCUT2D eigenvalue weighted by molar-refractivity contribution is 5.78. The summed E-state index contributed by atoms with van der Waals surface area (Å²) >= 11 is 0. The summed E-state index contributed by atoms with van der Waals surface area (Å²) in [4.78, 5) is 14.1. The lowest BCUT2D eigenvalue weighted by atomic mass is 9.98. The largest absolute Gasteiger partial charge is 0.334 e. The van der Waals surface area contributed by atoms with Gasteiger partial charge in [-0.3, -0.25) is 9.89 Å². The third-order valence-corrected chi connectivity index (χ3v) is 3.16. The normalized spacial score (nSPS) is 21.4. The molecule has 0 spiro atoms. The summed E-state index contributed by atoms with van der Waals surface area (Å²) in [5, 5.41) is 6.96. The first-order valence-corrected chi connectivity index (χ1v) is 6.00. The van der Waals surface area contributed by atoms with Gasteiger partial charge in [-0.25, -0.2) is 0 Å². The molecule has 1 N–H and O–H groups in total. The van der Waals surface area contributed by atoms with E-state index in [2.05, 4.69) is 10.2 Å². The predicted octanol–water partition coefficient (Wildman–Crippen LogP) is 2.12. The van der Waals surface area contributed by atoms with Gasteiger partial charge in [0.25, 0.3) is 0 Å². The van der Waals surface area contributed by atoms with Crippen molar-refractivity contribution in [2.24, 2.45) is 5.92 Å². The number of nitrogens with one attached hydrogen (secondary N) is 1. The van der Waals surface area contributed by atoms with E-state index in [1.807, 2.05) is 24.8 Å². The van der Waals surface area contributed by atoms with Gasteiger partial charge in [-0.1, -0.05) is 13.8 Å². The minimum absolute atomic E-state index is 0.0727. The zero-order valence-electron chi connectivity index (χ0n) is 9.94. The van der Waals surface area contributed by atoms with E-state index < -0.39 is 0 Å². The molecule has 2 rings (SSSR count). The van der Waals surface area contributed by atoms with Crippen LogP contribution < -0.4 is 0 Å². The highest BCUT2D eigenvalue weighted by atomic mass is 16.2. The van der Waals surface area contributed by atoms with Crippen molar-refractivity contribution in [2.75, 3.05) is 6.54 Å². The molecule has 1 fully saturated rings. The van der Waals surface area contributed by atoms with Crippen molar-refractivity contribution in [3.8, 4) is 0 Å². The van der Waals surface area contributed by atoms with Gasteiger partial charge in [-0.05, 0) is 25.3 Å². The Hall–Kier alpha value is -1.32. The third-order valence-electron chi connectivity index (χ3n) is 3.16. The summed E-state index contributed by atoms with van der Waals surface area (Å²) in [6, 6.07) is 2.17. The Morgan fingerprint density at radius 2 is 2.38 bits per heavy atom. The fourth-order valence-corrected chi connectivity index (χ4v) is 2.30. The van der Waals surface area contributed by atoms with Gasteiger partial charge in [-0.15, -0.1) is 0 Å². The minimum Gasteiger partial charge on any atom is -0.334 e. The van der Waals surface area contributed by atoms with Gasteiger partial charge in [-0.2, -0.15) is 5.10 Å². The molecule has 1 amide bonds. The molecule has 88 valence electrons. The number of amides is 1. The van der Waals surface area contributed by atoms with E-state index in [4.69, 9.17) is 0 Å². The predicted molar refractivity (Wildman–Crippen MR) is 61.7 cm³/mol. The fraction of sp³-hybridized carbons (Fsp3) is 0.667. The molecule has 0 aliphatic carbocycles. The topological polar surface area (TPSA) is 49.0 Å². The molecule has 1 aromatic heterocycles. The Balaban J connectivity index is 2.17. The lowest BCUT2D eigenvalue weighted by molar-refractivity contribution is -0.138. The molecule has 1 aliphatic rings. The quantitative estimate of drug-likeness (QED) is 0.831. The molecule has 1 aliphatic heterocycles. The number of aromatic amines is 1. The Kier molecular flexibility index (Phi) is 3.27. The van der Waals surface area contributed by atoms with Crippen LogP contribution in [0, 0.1) is 5.92 Å². The van der Waals surface area contributed by atoms with Crippen molar-refractivity contribution < 1.29 is 4.79 Å². The van der Waals surface area contributed by atoms with Crippen molar-refractivity contribution in [2.45, 2.75) is 39.2 Å². The van der Waals surface area contributed by atoms with Crippen molar-refractivity contribution in [3.63, 3.8) is 0 Å². The lowest BCUT2D eigenvalue weighted by Crippen LogP contribution is -2.40. The summed E-state index contributed by atoms with van der Waals surface area (Å²) in [6.45, 7) is 4.79. The summed E-state index contributed by atoms with van der Waals surface area (Å²) in [6.07, 6.45) is 5.09. The highest BCUT2D eigenvalue weighted by Gasteiger charge is 2.29. The van der Waals surface area contributed by atoms with E-state index >= 15 is 0 Å². The fourth-order valence-electron chi connectivity index (χ4n) is 2.30. The van der Waals surface area contributed by atoms with Crippen LogP contribution in [0.2, 0.25) is 0 Å². The second kappa shape index (κ2) is 4.68. The summed E-state index contributed by atoms with van der Waals surface area (Å²) in [5.41, 5.74) is 1.06. The number of likely N-dealkylation sites (tertiary alicyclic amines) is 1. The Morgan fingerprint density at radius 3 is 3.00 bits per heavy atom. The summed E-state index contributed by atoms with van der Waals surface area (Å²) in [7, 11) is 0. The molecule has 0 radical (unpaired) electrons. The zero-order chi connectivity index (χ0) is 11.5. The molecule has 1 atom stereocenters. The summed E-state index contributed by atoms with van der Waals surface area (Å²) < 4.78 is 0. The van der Waals surface area contributed by atoms with Crippen LogP contribution in [0.3, 0.4) is 0 Å². The van der Waals surface area contributed by atoms with Crippen LogP contribution in [0.1, 0.15) is 44.8 Å². The second-order valence-corrected chi connectivity index (χ2v) is 4.71. The number of H-pyrrole nitrogens is 1. The van der Waals surface area contributed by atoms with Crippen LogP contribution in [0.25, 0.3) is 0 Å². The van der Waals surface area contributed by atoms with Crippen LogP contribution in [0.5, 0.6) is 0 Å². The summed E-state index contributed by atoms with van der Waals surface area (Å²) in [5.74, 6) is 0.322. The maximum absolute atomic E-state index is 12.1. The van der Waals surface area contributed by atoms with E-state index in [-0.39, 0.29) is 17.9 Å². The third kappa shape index (κ3) is 2.10. The lowest BCUT2D eigenvalue weighted by Gasteiger charge is -2.36. The molecule has 0 bridgehead atoms. The van der Waals surface area contributed by atoms with Crippen molar-refractivity contribution >= 4 is 5.91 Å². The number of aromatic nitrogens is 2. The first-order chi connectivity index (χ1) is 7.70. The second-order valence-electron chi connectivity index (χ2n) is 4.71. The number of hydrogen-bond donors (Lipinski definition) is 1. The van der Waals surface area contributed by atoms with E-state index in [1.165, 1.54) is 6.42 Å². The van der Waals surface area contributed by atoms with Crippen LogP contribution in [0.4, 0.5) is 0 Å². The molecule has 0 unspecified atom stereocenters. The Morgan fingerprint density at radius 1 is 1.56 bits per heavy atom. The van der Waals surface area contributed by atoms with Gasteiger partial charge in [0.2, 0.25) is 5.91 Å². The molecule has 4 nitrogen and oxygen atoms in total. The Bertz CT molecular complexity index is 345. The monoisotopic (exact) mass is 221 g/mol. The van der Waals surface area contributed by atoms with Gasteiger partial charge in [0.1, 0.15) is 0 Å². The molecule has 16 heavy (non-hydrogen) atoms. The molecule has 0 aromatic carbocycles. The first-order valence-electron chi connectivity index (χ1n) is 6.00. The molecular formula is C12H19N3O. The van der Waals surface area contributed by atoms with Gasteiger partial charge in [0, 0.05) is 18.7 Å². The maximum atomic E-state index is 12.1. The van der Waals surface area contributed by atoms with E-state index in [0.29, 0.717) is 0 Å². The molecular weight excluding hydrogens is 202 g/mol. The van der Waals surface area contributed by atoms with Crippen LogP contribution >= 0.6 is 0 Å². The molecule has 4 heteroatoms. The van der Waals surface area contributed by atoms with Crippen LogP contribution in [-0.2, 0) is 4.79 Å². The van der Waals surface area contributed by atoms with Gasteiger partial charge >= 0.3 is 0 Å². The number of carbonyl (C=O) groups is 1. The first kappa shape index (κ1) is 11.2. The average Bonchev–Trinajstić information content (AvgIpc) is 2.81. The number of nitrogens with zero attached hydrogens (tertiary/aromatic N) is 2. The standard InChI is InChI=1S/C12H19N3O/c1-9(2)12(16)15-8-4-3-5-11(15)10-6-7-13-14-10/h6-7,9,11H,3-5,8H2,1-2H3,(H,13,14)/t11-/m1/s1. The van der Waals surface area contributed by atoms with Gasteiger partial charge in [0.05, 0.1) is 11.7 Å². The van der Waals surface area contributed by atoms with Crippen LogP contribution in [0.15, 0.2) is 12.3 Å². The van der Waals surface area contributed by atoms with Crippen molar-refractivity contribution in [1.29, 1.82) is 0 Å². The van der Waals surface area contributed by atoms with Crippen LogP contribution in [-0.4, -0.2) is 27.5 Å². The van der Waals surface area contributed by atoms with E-state index in [1.54, 1.807) is 6.20 Å². The van der Waals surface area contributed by atoms with Gasteiger partial charge < -0.3 is 4.90 Å². The van der Waals surface area contributed by atoms with Crippen molar-refractivity contribution in [3.05, 3.63) is 18.0 Å². The molecule has 1 aromatic rings. The maximum Gasteiger partial charge on any atom is 0.225 e. The Labute approximate surface area is 96.0 Å². The molecule has 2 heterocycles. The van der Waals surface area contributed by atoms with E-state index in [9.17, 15) is 4.79 Å².